The summed E-state index contributed by atoms with van der Waals surface area (Å²) < 4.78 is 0. The number of amides is 1. The summed E-state index contributed by atoms with van der Waals surface area (Å²) in [4.78, 5) is 14.3. The zero-order valence-electron chi connectivity index (χ0n) is 11.5. The van der Waals surface area contributed by atoms with Crippen LogP contribution in [-0.4, -0.2) is 35.4 Å². The summed E-state index contributed by atoms with van der Waals surface area (Å²) in [5.74, 6) is 1.83. The van der Waals surface area contributed by atoms with Crippen molar-refractivity contribution in [3.05, 3.63) is 34.9 Å². The van der Waals surface area contributed by atoms with Crippen LogP contribution in [0.25, 0.3) is 0 Å². The summed E-state index contributed by atoms with van der Waals surface area (Å²) >= 11 is 1.74. The maximum atomic E-state index is 12.3. The maximum absolute atomic E-state index is 12.3. The smallest absolute Gasteiger partial charge is 0.234 e. The molecule has 0 aromatic heterocycles. The Balaban J connectivity index is 2.09. The van der Waals surface area contributed by atoms with Crippen molar-refractivity contribution in [2.24, 2.45) is 0 Å². The topological polar surface area (TPSA) is 32.3 Å². The second kappa shape index (κ2) is 4.84. The molecule has 1 amide bonds. The van der Waals surface area contributed by atoms with Crippen molar-refractivity contribution in [1.29, 1.82) is 0 Å². The van der Waals surface area contributed by atoms with E-state index in [1.165, 1.54) is 16.7 Å². The van der Waals surface area contributed by atoms with Gasteiger partial charge in [0.05, 0.1) is 5.75 Å². The number of thioether (sulfide) groups is 1. The number of carbonyl (C=O) groups excluding carboxylic acids is 1. The standard InChI is InChI=1S/C15H20N2OS/c1-11-4-5-13(12(2)8-11)15-10-19-9-14(18)17(15)7-3-6-16-15/h4-5,8,16H,3,6-7,9-10H2,1-2H3. The van der Waals surface area contributed by atoms with Crippen LogP contribution in [0.1, 0.15) is 23.1 Å². The lowest BCUT2D eigenvalue weighted by Crippen LogP contribution is -2.66. The third-order valence-corrected chi connectivity index (χ3v) is 5.17. The van der Waals surface area contributed by atoms with Gasteiger partial charge in [-0.1, -0.05) is 23.8 Å². The zero-order chi connectivity index (χ0) is 13.5. The minimum absolute atomic E-state index is 0.267. The van der Waals surface area contributed by atoms with E-state index in [-0.39, 0.29) is 11.6 Å². The van der Waals surface area contributed by atoms with Gasteiger partial charge < -0.3 is 4.90 Å². The predicted octanol–water partition coefficient (Wildman–Crippen LogP) is 2.02. The SMILES string of the molecule is Cc1ccc(C23CSCC(=O)N2CCCN3)c(C)c1. The molecule has 1 aromatic carbocycles. The molecule has 0 bridgehead atoms. The van der Waals surface area contributed by atoms with Crippen molar-refractivity contribution in [1.82, 2.24) is 10.2 Å². The fourth-order valence-corrected chi connectivity index (χ4v) is 4.39. The number of nitrogens with zero attached hydrogens (tertiary/aromatic N) is 1. The Bertz CT molecular complexity index is 513. The van der Waals surface area contributed by atoms with Gasteiger partial charge >= 0.3 is 0 Å². The number of hydrogen-bond donors (Lipinski definition) is 1. The van der Waals surface area contributed by atoms with Crippen molar-refractivity contribution in [2.45, 2.75) is 25.9 Å². The first-order valence-electron chi connectivity index (χ1n) is 6.84. The Hall–Kier alpha value is -1.00. The number of carbonyl (C=O) groups is 1. The van der Waals surface area contributed by atoms with E-state index in [0.29, 0.717) is 5.75 Å². The highest BCUT2D eigenvalue weighted by atomic mass is 32.2. The molecule has 1 atom stereocenters. The monoisotopic (exact) mass is 276 g/mol. The van der Waals surface area contributed by atoms with Gasteiger partial charge in [0.1, 0.15) is 5.66 Å². The number of rotatable bonds is 1. The molecule has 1 aromatic rings. The molecule has 2 aliphatic rings. The second-order valence-electron chi connectivity index (χ2n) is 5.50. The molecule has 2 fully saturated rings. The Kier molecular flexibility index (Phi) is 3.31. The highest BCUT2D eigenvalue weighted by Gasteiger charge is 2.46. The van der Waals surface area contributed by atoms with Crippen LogP contribution in [0.5, 0.6) is 0 Å². The molecular formula is C15H20N2OS. The molecule has 3 nitrogen and oxygen atoms in total. The molecule has 2 aliphatic heterocycles. The van der Waals surface area contributed by atoms with Crippen molar-refractivity contribution < 1.29 is 4.79 Å². The van der Waals surface area contributed by atoms with Gasteiger partial charge in [0.25, 0.3) is 0 Å². The van der Waals surface area contributed by atoms with E-state index in [0.717, 1.165) is 25.3 Å². The van der Waals surface area contributed by atoms with Gasteiger partial charge in [-0.2, -0.15) is 0 Å². The van der Waals surface area contributed by atoms with Crippen LogP contribution >= 0.6 is 11.8 Å². The molecule has 19 heavy (non-hydrogen) atoms. The minimum Gasteiger partial charge on any atom is -0.319 e. The van der Waals surface area contributed by atoms with Gasteiger partial charge in [-0.05, 0) is 37.9 Å². The van der Waals surface area contributed by atoms with Crippen molar-refractivity contribution in [3.63, 3.8) is 0 Å². The van der Waals surface area contributed by atoms with Gasteiger partial charge in [-0.3, -0.25) is 10.1 Å². The average Bonchev–Trinajstić information content (AvgIpc) is 2.39. The molecule has 1 N–H and O–H groups in total. The summed E-state index contributed by atoms with van der Waals surface area (Å²) in [6.45, 7) is 6.12. The van der Waals surface area contributed by atoms with Crippen LogP contribution in [-0.2, 0) is 10.5 Å². The van der Waals surface area contributed by atoms with Gasteiger partial charge in [-0.25, -0.2) is 0 Å². The van der Waals surface area contributed by atoms with Gasteiger partial charge in [-0.15, -0.1) is 11.8 Å². The first-order chi connectivity index (χ1) is 9.13. The van der Waals surface area contributed by atoms with Crippen LogP contribution < -0.4 is 5.32 Å². The first-order valence-corrected chi connectivity index (χ1v) is 8.00. The van der Waals surface area contributed by atoms with E-state index < -0.39 is 0 Å². The highest BCUT2D eigenvalue weighted by Crippen LogP contribution is 2.38. The fourth-order valence-electron chi connectivity index (χ4n) is 3.25. The first kappa shape index (κ1) is 13.0. The third-order valence-electron chi connectivity index (χ3n) is 4.10. The van der Waals surface area contributed by atoms with E-state index in [1.54, 1.807) is 11.8 Å². The predicted molar refractivity (Wildman–Crippen MR) is 79.3 cm³/mol. The fraction of sp³-hybridized carbons (Fsp3) is 0.533. The van der Waals surface area contributed by atoms with E-state index >= 15 is 0 Å². The summed E-state index contributed by atoms with van der Waals surface area (Å²) in [6.07, 6.45) is 1.04. The lowest BCUT2D eigenvalue weighted by molar-refractivity contribution is -0.138. The molecule has 0 saturated carbocycles. The van der Waals surface area contributed by atoms with Crippen LogP contribution in [0.3, 0.4) is 0 Å². The highest BCUT2D eigenvalue weighted by molar-refractivity contribution is 8.00. The van der Waals surface area contributed by atoms with Gasteiger partial charge in [0, 0.05) is 12.3 Å². The molecule has 0 spiro atoms. The van der Waals surface area contributed by atoms with Crippen molar-refractivity contribution in [2.75, 3.05) is 24.6 Å². The lowest BCUT2D eigenvalue weighted by Gasteiger charge is -2.51. The number of benzene rings is 1. The molecule has 0 aliphatic carbocycles. The van der Waals surface area contributed by atoms with Crippen LogP contribution in [0.2, 0.25) is 0 Å². The summed E-state index contributed by atoms with van der Waals surface area (Å²) in [5, 5.41) is 3.63. The van der Waals surface area contributed by atoms with Crippen LogP contribution in [0, 0.1) is 13.8 Å². The van der Waals surface area contributed by atoms with Gasteiger partial charge in [0.15, 0.2) is 0 Å². The zero-order valence-corrected chi connectivity index (χ0v) is 12.3. The molecule has 2 heterocycles. The Morgan fingerprint density at radius 3 is 3.00 bits per heavy atom. The Morgan fingerprint density at radius 1 is 1.37 bits per heavy atom. The van der Waals surface area contributed by atoms with Crippen molar-refractivity contribution in [3.8, 4) is 0 Å². The molecule has 102 valence electrons. The van der Waals surface area contributed by atoms with E-state index in [4.69, 9.17) is 0 Å². The summed E-state index contributed by atoms with van der Waals surface area (Å²) in [5.41, 5.74) is 3.53. The van der Waals surface area contributed by atoms with Crippen molar-refractivity contribution >= 4 is 17.7 Å². The van der Waals surface area contributed by atoms with Gasteiger partial charge in [0.2, 0.25) is 5.91 Å². The normalized spacial score (nSPS) is 27.3. The van der Waals surface area contributed by atoms with E-state index in [2.05, 4.69) is 42.3 Å². The van der Waals surface area contributed by atoms with Crippen LogP contribution in [0.4, 0.5) is 0 Å². The summed E-state index contributed by atoms with van der Waals surface area (Å²) in [7, 11) is 0. The Labute approximate surface area is 118 Å². The third kappa shape index (κ3) is 2.07. The molecule has 2 saturated heterocycles. The number of hydrogen-bond acceptors (Lipinski definition) is 3. The van der Waals surface area contributed by atoms with Crippen LogP contribution in [0.15, 0.2) is 18.2 Å². The summed E-state index contributed by atoms with van der Waals surface area (Å²) in [6, 6.07) is 6.55. The maximum Gasteiger partial charge on any atom is 0.234 e. The largest absolute Gasteiger partial charge is 0.319 e. The Morgan fingerprint density at radius 2 is 2.21 bits per heavy atom. The minimum atomic E-state index is -0.282. The quantitative estimate of drug-likeness (QED) is 0.852. The molecular weight excluding hydrogens is 256 g/mol. The average molecular weight is 276 g/mol. The molecule has 3 rings (SSSR count). The molecule has 4 heteroatoms. The lowest BCUT2D eigenvalue weighted by atomic mass is 9.91. The molecule has 1 unspecified atom stereocenters. The molecule has 0 radical (unpaired) electrons. The van der Waals surface area contributed by atoms with E-state index in [1.807, 2.05) is 0 Å². The second-order valence-corrected chi connectivity index (χ2v) is 6.48. The van der Waals surface area contributed by atoms with E-state index in [9.17, 15) is 4.79 Å². The number of fused-ring (bicyclic) bond motifs is 1. The number of aryl methyl sites for hydroxylation is 2. The number of nitrogens with one attached hydrogen (secondary N) is 1.